The molecule has 0 radical (unpaired) electrons. The number of aromatic amines is 1. The summed E-state index contributed by atoms with van der Waals surface area (Å²) in [5, 5.41) is 15.6. The minimum atomic E-state index is -1.06. The number of H-pyrrole nitrogens is 1. The zero-order valence-corrected chi connectivity index (χ0v) is 14.2. The van der Waals surface area contributed by atoms with Crippen molar-refractivity contribution in [3.8, 4) is 0 Å². The fraction of sp³-hybridized carbons (Fsp3) is 0.200. The van der Waals surface area contributed by atoms with Crippen LogP contribution < -0.4 is 10.6 Å². The number of carbonyl (C=O) groups excluding carboxylic acids is 1. The summed E-state index contributed by atoms with van der Waals surface area (Å²) in [7, 11) is 0. The van der Waals surface area contributed by atoms with E-state index >= 15 is 0 Å². The van der Waals surface area contributed by atoms with Crippen molar-refractivity contribution in [1.82, 2.24) is 15.6 Å². The Balaban J connectivity index is 1.75. The standard InChI is InChI=1S/C20H21N3O3/c24-19(25)13-23-20(26)18(21-11-14-6-2-1-3-7-14)10-15-12-22-17-9-5-4-8-16(15)17/h1-9,12,18,21-22H,10-11,13H2,(H,23,26)(H,24,25)/t18-/m0/s1. The number of aliphatic carboxylic acids is 1. The quantitative estimate of drug-likeness (QED) is 0.500. The molecule has 0 spiro atoms. The van der Waals surface area contributed by atoms with Crippen LogP contribution in [0.15, 0.2) is 60.8 Å². The fourth-order valence-corrected chi connectivity index (χ4v) is 2.90. The number of benzene rings is 2. The normalized spacial score (nSPS) is 12.0. The van der Waals surface area contributed by atoms with Crippen LogP contribution in [-0.2, 0) is 22.6 Å². The molecule has 3 aromatic rings. The molecular formula is C20H21N3O3. The summed E-state index contributed by atoms with van der Waals surface area (Å²) in [4.78, 5) is 26.4. The summed E-state index contributed by atoms with van der Waals surface area (Å²) >= 11 is 0. The Morgan fingerprint density at radius 1 is 1.04 bits per heavy atom. The van der Waals surface area contributed by atoms with E-state index in [-0.39, 0.29) is 5.91 Å². The van der Waals surface area contributed by atoms with Gasteiger partial charge in [0.15, 0.2) is 0 Å². The Morgan fingerprint density at radius 2 is 1.77 bits per heavy atom. The molecule has 2 aromatic carbocycles. The average molecular weight is 351 g/mol. The van der Waals surface area contributed by atoms with Crippen LogP contribution in [0.25, 0.3) is 10.9 Å². The molecule has 0 unspecified atom stereocenters. The van der Waals surface area contributed by atoms with Crippen molar-refractivity contribution in [3.05, 3.63) is 71.9 Å². The average Bonchev–Trinajstić information content (AvgIpc) is 3.07. The smallest absolute Gasteiger partial charge is 0.322 e. The molecular weight excluding hydrogens is 330 g/mol. The van der Waals surface area contributed by atoms with Crippen LogP contribution in [0.3, 0.4) is 0 Å². The van der Waals surface area contributed by atoms with Crippen molar-refractivity contribution < 1.29 is 14.7 Å². The van der Waals surface area contributed by atoms with E-state index in [0.717, 1.165) is 22.0 Å². The number of amides is 1. The van der Waals surface area contributed by atoms with Gasteiger partial charge in [0, 0.05) is 23.6 Å². The minimum absolute atomic E-state index is 0.325. The summed E-state index contributed by atoms with van der Waals surface area (Å²) in [6.45, 7) is 0.130. The molecule has 6 nitrogen and oxygen atoms in total. The Labute approximate surface area is 151 Å². The first kappa shape index (κ1) is 17.7. The molecule has 3 rings (SSSR count). The summed E-state index contributed by atoms with van der Waals surface area (Å²) in [5.74, 6) is -1.39. The highest BCUT2D eigenvalue weighted by Gasteiger charge is 2.20. The van der Waals surface area contributed by atoms with E-state index < -0.39 is 18.6 Å². The molecule has 1 heterocycles. The number of carboxylic acids is 1. The number of rotatable bonds is 8. The molecule has 0 bridgehead atoms. The second-order valence-electron chi connectivity index (χ2n) is 6.09. The number of aromatic nitrogens is 1. The third-order valence-corrected chi connectivity index (χ3v) is 4.22. The SMILES string of the molecule is O=C(O)CNC(=O)[C@H](Cc1c[nH]c2ccccc12)NCc1ccccc1. The Bertz CT molecular complexity index is 889. The van der Waals surface area contributed by atoms with Gasteiger partial charge in [-0.2, -0.15) is 0 Å². The summed E-state index contributed by atoms with van der Waals surface area (Å²) < 4.78 is 0. The molecule has 4 N–H and O–H groups in total. The van der Waals surface area contributed by atoms with E-state index in [1.807, 2.05) is 60.8 Å². The minimum Gasteiger partial charge on any atom is -0.480 e. The number of hydrogen-bond acceptors (Lipinski definition) is 3. The largest absolute Gasteiger partial charge is 0.480 e. The maximum atomic E-state index is 12.5. The zero-order chi connectivity index (χ0) is 18.4. The molecule has 1 aromatic heterocycles. The van der Waals surface area contributed by atoms with Crippen molar-refractivity contribution in [2.24, 2.45) is 0 Å². The van der Waals surface area contributed by atoms with E-state index in [1.165, 1.54) is 0 Å². The predicted octanol–water partition coefficient (Wildman–Crippen LogP) is 2.07. The first-order chi connectivity index (χ1) is 12.6. The van der Waals surface area contributed by atoms with Gasteiger partial charge < -0.3 is 20.7 Å². The van der Waals surface area contributed by atoms with E-state index in [4.69, 9.17) is 5.11 Å². The maximum Gasteiger partial charge on any atom is 0.322 e. The van der Waals surface area contributed by atoms with Crippen LogP contribution in [0.4, 0.5) is 0 Å². The Morgan fingerprint density at radius 3 is 2.54 bits per heavy atom. The van der Waals surface area contributed by atoms with Gasteiger partial charge >= 0.3 is 5.97 Å². The Hall–Kier alpha value is -3.12. The summed E-state index contributed by atoms with van der Waals surface area (Å²) in [6.07, 6.45) is 2.36. The van der Waals surface area contributed by atoms with Crippen LogP contribution >= 0.6 is 0 Å². The number of carbonyl (C=O) groups is 2. The van der Waals surface area contributed by atoms with Crippen molar-refractivity contribution in [1.29, 1.82) is 0 Å². The first-order valence-electron chi connectivity index (χ1n) is 8.45. The molecule has 0 aliphatic rings. The van der Waals surface area contributed by atoms with E-state index in [0.29, 0.717) is 13.0 Å². The molecule has 0 fully saturated rings. The van der Waals surface area contributed by atoms with Crippen molar-refractivity contribution >= 4 is 22.8 Å². The van der Waals surface area contributed by atoms with Crippen LogP contribution in [-0.4, -0.2) is 34.6 Å². The van der Waals surface area contributed by atoms with E-state index in [9.17, 15) is 9.59 Å². The van der Waals surface area contributed by atoms with Crippen LogP contribution in [0.1, 0.15) is 11.1 Å². The third-order valence-electron chi connectivity index (χ3n) is 4.22. The van der Waals surface area contributed by atoms with Gasteiger partial charge in [-0.15, -0.1) is 0 Å². The van der Waals surface area contributed by atoms with Crippen molar-refractivity contribution in [2.75, 3.05) is 6.54 Å². The number of fused-ring (bicyclic) bond motifs is 1. The van der Waals surface area contributed by atoms with Gasteiger partial charge in [0.05, 0.1) is 6.04 Å². The predicted molar refractivity (Wildman–Crippen MR) is 99.7 cm³/mol. The van der Waals surface area contributed by atoms with E-state index in [2.05, 4.69) is 15.6 Å². The highest BCUT2D eigenvalue weighted by Crippen LogP contribution is 2.19. The molecule has 0 saturated heterocycles. The van der Waals surface area contributed by atoms with Gasteiger partial charge in [-0.1, -0.05) is 48.5 Å². The van der Waals surface area contributed by atoms with Crippen LogP contribution in [0.2, 0.25) is 0 Å². The number of nitrogens with one attached hydrogen (secondary N) is 3. The van der Waals surface area contributed by atoms with Gasteiger partial charge in [0.25, 0.3) is 0 Å². The lowest BCUT2D eigenvalue weighted by Crippen LogP contribution is -2.46. The molecule has 1 amide bonds. The lowest BCUT2D eigenvalue weighted by atomic mass is 10.0. The lowest BCUT2D eigenvalue weighted by molar-refractivity contribution is -0.138. The number of carboxylic acid groups (broad SMARTS) is 1. The second-order valence-corrected chi connectivity index (χ2v) is 6.09. The third kappa shape index (κ3) is 4.49. The van der Waals surface area contributed by atoms with Gasteiger partial charge in [-0.3, -0.25) is 9.59 Å². The molecule has 1 atom stereocenters. The Kier molecular flexibility index (Phi) is 5.66. The lowest BCUT2D eigenvalue weighted by Gasteiger charge is -2.18. The number of hydrogen-bond donors (Lipinski definition) is 4. The van der Waals surface area contributed by atoms with E-state index in [1.54, 1.807) is 0 Å². The number of para-hydroxylation sites is 1. The topological polar surface area (TPSA) is 94.2 Å². The maximum absolute atomic E-state index is 12.5. The van der Waals surface area contributed by atoms with Crippen LogP contribution in [0.5, 0.6) is 0 Å². The molecule has 0 aliphatic carbocycles. The van der Waals surface area contributed by atoms with Gasteiger partial charge in [-0.05, 0) is 23.6 Å². The molecule has 0 saturated carbocycles. The second kappa shape index (κ2) is 8.31. The van der Waals surface area contributed by atoms with Gasteiger partial charge in [0.2, 0.25) is 5.91 Å². The highest BCUT2D eigenvalue weighted by atomic mass is 16.4. The summed E-state index contributed by atoms with van der Waals surface area (Å²) in [5.41, 5.74) is 3.08. The van der Waals surface area contributed by atoms with Crippen molar-refractivity contribution in [2.45, 2.75) is 19.0 Å². The van der Waals surface area contributed by atoms with Gasteiger partial charge in [-0.25, -0.2) is 0 Å². The molecule has 6 heteroatoms. The summed E-state index contributed by atoms with van der Waals surface area (Å²) in [6, 6.07) is 17.1. The fourth-order valence-electron chi connectivity index (χ4n) is 2.90. The van der Waals surface area contributed by atoms with Crippen molar-refractivity contribution in [3.63, 3.8) is 0 Å². The van der Waals surface area contributed by atoms with Crippen LogP contribution in [0, 0.1) is 0 Å². The van der Waals surface area contributed by atoms with Gasteiger partial charge in [0.1, 0.15) is 6.54 Å². The molecule has 134 valence electrons. The zero-order valence-electron chi connectivity index (χ0n) is 14.2. The first-order valence-corrected chi connectivity index (χ1v) is 8.45. The molecule has 26 heavy (non-hydrogen) atoms. The molecule has 0 aliphatic heterocycles. The monoisotopic (exact) mass is 351 g/mol. The highest BCUT2D eigenvalue weighted by molar-refractivity contribution is 5.87.